The summed E-state index contributed by atoms with van der Waals surface area (Å²) in [5.41, 5.74) is 1.01. The van der Waals surface area contributed by atoms with Crippen molar-refractivity contribution in [2.45, 2.75) is 0 Å². The zero-order chi connectivity index (χ0) is 12.4. The number of carbonyl (C=O) groups is 1. The molecule has 0 saturated heterocycles. The second-order valence-corrected chi connectivity index (χ2v) is 5.13. The molecule has 1 aromatic carbocycles. The highest BCUT2D eigenvalue weighted by molar-refractivity contribution is 9.10. The van der Waals surface area contributed by atoms with E-state index in [0.29, 0.717) is 21.4 Å². The van der Waals surface area contributed by atoms with E-state index in [4.69, 9.17) is 23.2 Å². The fourth-order valence-electron chi connectivity index (χ4n) is 1.32. The Kier molecular flexibility index (Phi) is 3.76. The van der Waals surface area contributed by atoms with Gasteiger partial charge in [0.15, 0.2) is 0 Å². The van der Waals surface area contributed by atoms with E-state index >= 15 is 0 Å². The van der Waals surface area contributed by atoms with E-state index in [9.17, 15) is 4.79 Å². The van der Waals surface area contributed by atoms with Crippen LogP contribution in [0.4, 0.5) is 5.69 Å². The van der Waals surface area contributed by atoms with Gasteiger partial charge in [0.1, 0.15) is 5.69 Å². The van der Waals surface area contributed by atoms with Crippen molar-refractivity contribution in [3.8, 4) is 0 Å². The molecular weight excluding hydrogens is 327 g/mol. The molecule has 2 rings (SSSR count). The number of amides is 1. The number of hydrogen-bond acceptors (Lipinski definition) is 1. The van der Waals surface area contributed by atoms with Gasteiger partial charge in [-0.05, 0) is 40.2 Å². The smallest absolute Gasteiger partial charge is 0.272 e. The summed E-state index contributed by atoms with van der Waals surface area (Å²) in [5, 5.41) is 3.64. The molecule has 2 N–H and O–H groups in total. The Morgan fingerprint density at radius 3 is 2.35 bits per heavy atom. The van der Waals surface area contributed by atoms with Crippen LogP contribution in [0.3, 0.4) is 0 Å². The van der Waals surface area contributed by atoms with Gasteiger partial charge in [-0.25, -0.2) is 0 Å². The summed E-state index contributed by atoms with van der Waals surface area (Å²) in [7, 11) is 0. The molecule has 0 bridgehead atoms. The standard InChI is InChI=1S/C11H7BrCl2N2O/c12-6-1-10(15-5-6)11(17)16-9-3-7(13)2-8(14)4-9/h1-5,15H,(H,16,17). The van der Waals surface area contributed by atoms with Gasteiger partial charge in [-0.2, -0.15) is 0 Å². The summed E-state index contributed by atoms with van der Waals surface area (Å²) in [6, 6.07) is 6.54. The van der Waals surface area contributed by atoms with Crippen molar-refractivity contribution >= 4 is 50.7 Å². The third-order valence-electron chi connectivity index (χ3n) is 2.01. The van der Waals surface area contributed by atoms with Crippen LogP contribution in [-0.2, 0) is 0 Å². The summed E-state index contributed by atoms with van der Waals surface area (Å²) < 4.78 is 0.812. The Hall–Kier alpha value is -0.970. The number of H-pyrrole nitrogens is 1. The van der Waals surface area contributed by atoms with Crippen LogP contribution in [-0.4, -0.2) is 10.9 Å². The molecule has 1 aromatic heterocycles. The number of benzene rings is 1. The highest BCUT2D eigenvalue weighted by atomic mass is 79.9. The lowest BCUT2D eigenvalue weighted by Gasteiger charge is -2.04. The Morgan fingerprint density at radius 2 is 1.82 bits per heavy atom. The minimum absolute atomic E-state index is 0.256. The van der Waals surface area contributed by atoms with Gasteiger partial charge in [-0.1, -0.05) is 23.2 Å². The zero-order valence-corrected chi connectivity index (χ0v) is 11.5. The Bertz CT molecular complexity index is 548. The van der Waals surface area contributed by atoms with E-state index in [0.717, 1.165) is 4.47 Å². The van der Waals surface area contributed by atoms with Gasteiger partial charge < -0.3 is 10.3 Å². The molecule has 0 spiro atoms. The van der Waals surface area contributed by atoms with Crippen LogP contribution in [0, 0.1) is 0 Å². The molecule has 17 heavy (non-hydrogen) atoms. The normalized spacial score (nSPS) is 10.3. The van der Waals surface area contributed by atoms with Crippen LogP contribution >= 0.6 is 39.1 Å². The fraction of sp³-hybridized carbons (Fsp3) is 0. The predicted octanol–water partition coefficient (Wildman–Crippen LogP) is 4.34. The lowest BCUT2D eigenvalue weighted by Crippen LogP contribution is -2.12. The highest BCUT2D eigenvalue weighted by Crippen LogP contribution is 2.23. The maximum absolute atomic E-state index is 11.8. The first kappa shape index (κ1) is 12.5. The van der Waals surface area contributed by atoms with E-state index in [1.165, 1.54) is 0 Å². The molecular formula is C11H7BrCl2N2O. The largest absolute Gasteiger partial charge is 0.356 e. The number of nitrogens with one attached hydrogen (secondary N) is 2. The van der Waals surface area contributed by atoms with Gasteiger partial charge in [0.05, 0.1) is 0 Å². The predicted molar refractivity (Wildman–Crippen MR) is 72.9 cm³/mol. The van der Waals surface area contributed by atoms with Crippen LogP contribution < -0.4 is 5.32 Å². The molecule has 0 fully saturated rings. The van der Waals surface area contributed by atoms with Crippen molar-refractivity contribution in [2.24, 2.45) is 0 Å². The average molecular weight is 334 g/mol. The molecule has 0 unspecified atom stereocenters. The maximum Gasteiger partial charge on any atom is 0.272 e. The number of aromatic amines is 1. The van der Waals surface area contributed by atoms with E-state index in [1.807, 2.05) is 0 Å². The van der Waals surface area contributed by atoms with Crippen molar-refractivity contribution in [1.82, 2.24) is 4.98 Å². The SMILES string of the molecule is O=C(Nc1cc(Cl)cc(Cl)c1)c1cc(Br)c[nH]1. The molecule has 0 radical (unpaired) electrons. The molecule has 0 aliphatic rings. The second kappa shape index (κ2) is 5.12. The molecule has 0 saturated carbocycles. The Labute approximate surface area is 116 Å². The number of aromatic nitrogens is 1. The molecule has 3 nitrogen and oxygen atoms in total. The number of anilines is 1. The summed E-state index contributed by atoms with van der Waals surface area (Å²) in [5.74, 6) is -0.256. The topological polar surface area (TPSA) is 44.9 Å². The van der Waals surface area contributed by atoms with Gasteiger partial charge in [0.25, 0.3) is 5.91 Å². The van der Waals surface area contributed by atoms with E-state index in [-0.39, 0.29) is 5.91 Å². The maximum atomic E-state index is 11.8. The van der Waals surface area contributed by atoms with Gasteiger partial charge in [-0.15, -0.1) is 0 Å². The summed E-state index contributed by atoms with van der Waals surface area (Å²) in [6.07, 6.45) is 1.68. The lowest BCUT2D eigenvalue weighted by atomic mass is 10.3. The lowest BCUT2D eigenvalue weighted by molar-refractivity contribution is 0.102. The molecule has 0 atom stereocenters. The molecule has 0 aliphatic heterocycles. The first-order chi connectivity index (χ1) is 8.04. The van der Waals surface area contributed by atoms with Crippen LogP contribution in [0.2, 0.25) is 10.0 Å². The summed E-state index contributed by atoms with van der Waals surface area (Å²) >= 11 is 14.9. The van der Waals surface area contributed by atoms with Crippen molar-refractivity contribution in [1.29, 1.82) is 0 Å². The van der Waals surface area contributed by atoms with Crippen molar-refractivity contribution in [3.63, 3.8) is 0 Å². The quantitative estimate of drug-likeness (QED) is 0.843. The van der Waals surface area contributed by atoms with Crippen LogP contribution in [0.1, 0.15) is 10.5 Å². The number of rotatable bonds is 2. The van der Waals surface area contributed by atoms with E-state index in [1.54, 1.807) is 30.5 Å². The Balaban J connectivity index is 2.18. The van der Waals surface area contributed by atoms with Crippen LogP contribution in [0.5, 0.6) is 0 Å². The van der Waals surface area contributed by atoms with Crippen LogP contribution in [0.25, 0.3) is 0 Å². The molecule has 2 aromatic rings. The molecule has 0 aliphatic carbocycles. The second-order valence-electron chi connectivity index (χ2n) is 3.34. The number of carbonyl (C=O) groups excluding carboxylic acids is 1. The van der Waals surface area contributed by atoms with Crippen LogP contribution in [0.15, 0.2) is 34.9 Å². The minimum atomic E-state index is -0.256. The summed E-state index contributed by atoms with van der Waals surface area (Å²) in [6.45, 7) is 0. The average Bonchev–Trinajstić information content (AvgIpc) is 2.63. The minimum Gasteiger partial charge on any atom is -0.356 e. The Morgan fingerprint density at radius 1 is 1.18 bits per heavy atom. The molecule has 1 heterocycles. The fourth-order valence-corrected chi connectivity index (χ4v) is 2.19. The van der Waals surface area contributed by atoms with Crippen molar-refractivity contribution in [2.75, 3.05) is 5.32 Å². The van der Waals surface area contributed by atoms with Gasteiger partial charge in [-0.3, -0.25) is 4.79 Å². The first-order valence-electron chi connectivity index (χ1n) is 4.66. The van der Waals surface area contributed by atoms with Gasteiger partial charge in [0, 0.05) is 26.4 Å². The van der Waals surface area contributed by atoms with Gasteiger partial charge in [0.2, 0.25) is 0 Å². The third kappa shape index (κ3) is 3.25. The zero-order valence-electron chi connectivity index (χ0n) is 8.43. The van der Waals surface area contributed by atoms with E-state index in [2.05, 4.69) is 26.2 Å². The van der Waals surface area contributed by atoms with Crippen molar-refractivity contribution in [3.05, 3.63) is 50.7 Å². The van der Waals surface area contributed by atoms with Gasteiger partial charge >= 0.3 is 0 Å². The first-order valence-corrected chi connectivity index (χ1v) is 6.21. The van der Waals surface area contributed by atoms with Crippen molar-refractivity contribution < 1.29 is 4.79 Å². The van der Waals surface area contributed by atoms with E-state index < -0.39 is 0 Å². The number of hydrogen-bond donors (Lipinski definition) is 2. The molecule has 88 valence electrons. The highest BCUT2D eigenvalue weighted by Gasteiger charge is 2.08. The monoisotopic (exact) mass is 332 g/mol. The third-order valence-corrected chi connectivity index (χ3v) is 2.91. The molecule has 6 heteroatoms. The molecule has 1 amide bonds. The summed E-state index contributed by atoms with van der Waals surface area (Å²) in [4.78, 5) is 14.6. The number of halogens is 3.